The van der Waals surface area contributed by atoms with Gasteiger partial charge in [-0.1, -0.05) is 23.2 Å². The van der Waals surface area contributed by atoms with Gasteiger partial charge in [0.25, 0.3) is 0 Å². The van der Waals surface area contributed by atoms with E-state index in [4.69, 9.17) is 36.9 Å². The van der Waals surface area contributed by atoms with Crippen LogP contribution in [0.4, 0.5) is 0 Å². The summed E-state index contributed by atoms with van der Waals surface area (Å²) < 4.78 is 40.1. The molecule has 2 rings (SSSR count). The van der Waals surface area contributed by atoms with Gasteiger partial charge in [0.2, 0.25) is 0 Å². The summed E-state index contributed by atoms with van der Waals surface area (Å²) in [7, 11) is -2.76. The first-order valence-electron chi connectivity index (χ1n) is 11.7. The topological polar surface area (TPSA) is 85.9 Å². The van der Waals surface area contributed by atoms with E-state index in [-0.39, 0.29) is 6.61 Å². The maximum absolute atomic E-state index is 11.9. The molecular formula is C24H34Cl2N2O5S2. The summed E-state index contributed by atoms with van der Waals surface area (Å²) >= 11 is 11.7. The second kappa shape index (κ2) is 18.1. The molecule has 0 aliphatic carbocycles. The highest BCUT2D eigenvalue weighted by Crippen LogP contribution is 2.17. The first kappa shape index (κ1) is 30.0. The quantitative estimate of drug-likeness (QED) is 0.168. The molecule has 0 saturated heterocycles. The van der Waals surface area contributed by atoms with Gasteiger partial charge in [-0.25, -0.2) is 0 Å². The lowest BCUT2D eigenvalue weighted by molar-refractivity contribution is 0.301. The molecule has 35 heavy (non-hydrogen) atoms. The number of halogens is 2. The monoisotopic (exact) mass is 564 g/mol. The van der Waals surface area contributed by atoms with Crippen LogP contribution in [0.5, 0.6) is 11.5 Å². The Hall–Kier alpha value is -1.20. The van der Waals surface area contributed by atoms with Gasteiger partial charge in [0, 0.05) is 28.9 Å². The van der Waals surface area contributed by atoms with Crippen LogP contribution in [-0.2, 0) is 13.3 Å². The molecule has 0 heterocycles. The number of rotatable bonds is 20. The zero-order valence-electron chi connectivity index (χ0n) is 19.7. The second-order valence-corrected chi connectivity index (χ2v) is 12.1. The van der Waals surface area contributed by atoms with Gasteiger partial charge in [-0.3, -0.25) is 4.18 Å². The third-order valence-corrected chi connectivity index (χ3v) is 7.95. The van der Waals surface area contributed by atoms with Crippen molar-refractivity contribution < 1.29 is 22.1 Å². The lowest BCUT2D eigenvalue weighted by Crippen LogP contribution is -2.23. The predicted molar refractivity (Wildman–Crippen MR) is 145 cm³/mol. The van der Waals surface area contributed by atoms with E-state index in [0.717, 1.165) is 61.1 Å². The Balaban J connectivity index is 1.34. The van der Waals surface area contributed by atoms with Crippen molar-refractivity contribution in [1.82, 2.24) is 10.6 Å². The molecule has 196 valence electrons. The van der Waals surface area contributed by atoms with Crippen LogP contribution < -0.4 is 20.1 Å². The molecule has 2 aromatic carbocycles. The molecule has 0 aliphatic rings. The normalized spacial score (nSPS) is 11.5. The Morgan fingerprint density at radius 1 is 0.657 bits per heavy atom. The van der Waals surface area contributed by atoms with Gasteiger partial charge in [-0.05, 0) is 98.1 Å². The van der Waals surface area contributed by atoms with E-state index < -0.39 is 9.15 Å². The minimum Gasteiger partial charge on any atom is -0.494 e. The maximum atomic E-state index is 11.9. The van der Waals surface area contributed by atoms with E-state index in [1.54, 1.807) is 24.3 Å². The molecule has 2 N–H and O–H groups in total. The first-order chi connectivity index (χ1) is 16.9. The molecule has 0 atom stereocenters. The molecule has 0 spiro atoms. The Morgan fingerprint density at radius 2 is 1.14 bits per heavy atom. The number of hydrogen-bond acceptors (Lipinski definition) is 8. The SMILES string of the molecule is O=S(=O)(OCCNCCCCOc1ccc(Cl)cc1)SCCNCCCCOc1ccc(Cl)cc1. The standard InChI is InChI=1S/C24H34Cl2N2O5S2/c25-21-5-9-23(10-6-21)31-17-3-1-13-27-15-19-33-35(29,30)34-20-16-28-14-2-4-18-32-24-11-7-22(26)8-12-24/h5-12,27-28H,1-4,13-20H2. The van der Waals surface area contributed by atoms with E-state index in [2.05, 4.69) is 10.6 Å². The van der Waals surface area contributed by atoms with E-state index in [9.17, 15) is 8.42 Å². The molecule has 0 fully saturated rings. The first-order valence-corrected chi connectivity index (χ1v) is 15.3. The summed E-state index contributed by atoms with van der Waals surface area (Å²) in [6.07, 6.45) is 3.67. The summed E-state index contributed by atoms with van der Waals surface area (Å²) in [5, 5.41) is 7.79. The number of benzene rings is 2. The van der Waals surface area contributed by atoms with Crippen LogP contribution >= 0.6 is 34.0 Å². The van der Waals surface area contributed by atoms with Crippen molar-refractivity contribution in [2.45, 2.75) is 25.7 Å². The third-order valence-electron chi connectivity index (χ3n) is 4.67. The minimum absolute atomic E-state index is 0.123. The number of unbranched alkanes of at least 4 members (excludes halogenated alkanes) is 2. The van der Waals surface area contributed by atoms with Crippen LogP contribution in [0.3, 0.4) is 0 Å². The predicted octanol–water partition coefficient (Wildman–Crippen LogP) is 5.19. The summed E-state index contributed by atoms with van der Waals surface area (Å²) in [6, 6.07) is 14.6. The minimum atomic E-state index is -3.57. The van der Waals surface area contributed by atoms with Crippen molar-refractivity contribution >= 4 is 43.1 Å². The van der Waals surface area contributed by atoms with Crippen LogP contribution in [0.1, 0.15) is 25.7 Å². The zero-order valence-corrected chi connectivity index (χ0v) is 22.9. The maximum Gasteiger partial charge on any atom is 0.322 e. The molecule has 0 amide bonds. The largest absolute Gasteiger partial charge is 0.494 e. The molecule has 11 heteroatoms. The Kier molecular flexibility index (Phi) is 15.5. The summed E-state index contributed by atoms with van der Waals surface area (Å²) in [4.78, 5) is 0. The van der Waals surface area contributed by atoms with Crippen molar-refractivity contribution in [1.29, 1.82) is 0 Å². The van der Waals surface area contributed by atoms with Gasteiger partial charge in [0.05, 0.1) is 19.8 Å². The Labute approximate surface area is 222 Å². The number of hydrogen-bond donors (Lipinski definition) is 2. The molecule has 0 aromatic heterocycles. The third kappa shape index (κ3) is 15.5. The van der Waals surface area contributed by atoms with Crippen molar-refractivity contribution in [3.63, 3.8) is 0 Å². The fourth-order valence-corrected chi connectivity index (χ4v) is 5.17. The highest BCUT2D eigenvalue weighted by Gasteiger charge is 2.11. The molecule has 0 radical (unpaired) electrons. The van der Waals surface area contributed by atoms with Gasteiger partial charge in [-0.2, -0.15) is 8.42 Å². The fourth-order valence-electron chi connectivity index (χ4n) is 2.86. The van der Waals surface area contributed by atoms with Gasteiger partial charge in [0.1, 0.15) is 11.5 Å². The van der Waals surface area contributed by atoms with Crippen molar-refractivity contribution in [2.75, 3.05) is 51.8 Å². The van der Waals surface area contributed by atoms with Gasteiger partial charge < -0.3 is 20.1 Å². The van der Waals surface area contributed by atoms with Crippen molar-refractivity contribution in [2.24, 2.45) is 0 Å². The number of ether oxygens (including phenoxy) is 2. The highest BCUT2D eigenvalue weighted by atomic mass is 35.5. The smallest absolute Gasteiger partial charge is 0.322 e. The zero-order chi connectivity index (χ0) is 25.2. The van der Waals surface area contributed by atoms with E-state index in [1.165, 1.54) is 0 Å². The molecule has 0 bridgehead atoms. The lowest BCUT2D eigenvalue weighted by atomic mass is 10.3. The lowest BCUT2D eigenvalue weighted by Gasteiger charge is -2.08. The van der Waals surface area contributed by atoms with Gasteiger partial charge in [-0.15, -0.1) is 0 Å². The van der Waals surface area contributed by atoms with Crippen LogP contribution in [0.25, 0.3) is 0 Å². The van der Waals surface area contributed by atoms with E-state index in [0.29, 0.717) is 42.1 Å². The fraction of sp³-hybridized carbons (Fsp3) is 0.500. The summed E-state index contributed by atoms with van der Waals surface area (Å²) in [5.41, 5.74) is 0. The van der Waals surface area contributed by atoms with Crippen LogP contribution in [0, 0.1) is 0 Å². The molecule has 7 nitrogen and oxygen atoms in total. The average Bonchev–Trinajstić information content (AvgIpc) is 2.84. The average molecular weight is 566 g/mol. The van der Waals surface area contributed by atoms with Crippen molar-refractivity contribution in [3.05, 3.63) is 58.6 Å². The Bertz CT molecular complexity index is 847. The van der Waals surface area contributed by atoms with Crippen LogP contribution in [-0.4, -0.2) is 60.2 Å². The van der Waals surface area contributed by atoms with Crippen LogP contribution in [0.15, 0.2) is 48.5 Å². The summed E-state index contributed by atoms with van der Waals surface area (Å²) in [6.45, 7) is 4.03. The van der Waals surface area contributed by atoms with Crippen LogP contribution in [0.2, 0.25) is 10.0 Å². The van der Waals surface area contributed by atoms with Crippen molar-refractivity contribution in [3.8, 4) is 11.5 Å². The van der Waals surface area contributed by atoms with Gasteiger partial charge in [0.15, 0.2) is 0 Å². The number of nitrogens with one attached hydrogen (secondary N) is 2. The van der Waals surface area contributed by atoms with E-state index >= 15 is 0 Å². The van der Waals surface area contributed by atoms with E-state index in [1.807, 2.05) is 24.3 Å². The molecule has 0 saturated carbocycles. The van der Waals surface area contributed by atoms with Gasteiger partial charge >= 0.3 is 9.15 Å². The Morgan fingerprint density at radius 3 is 1.66 bits per heavy atom. The summed E-state index contributed by atoms with van der Waals surface area (Å²) in [5.74, 6) is 2.04. The molecule has 0 unspecified atom stereocenters. The highest BCUT2D eigenvalue weighted by molar-refractivity contribution is 8.70. The second-order valence-electron chi connectivity index (χ2n) is 7.57. The molecule has 0 aliphatic heterocycles. The molecular weight excluding hydrogens is 531 g/mol. The molecule has 2 aromatic rings.